The maximum Gasteiger partial charge on any atom is 0.347 e. The molecule has 0 fully saturated rings. The van der Waals surface area contributed by atoms with E-state index in [0.717, 1.165) is 25.7 Å². The molecule has 0 spiro atoms. The maximum absolute atomic E-state index is 12.5. The van der Waals surface area contributed by atoms with Crippen LogP contribution in [0.3, 0.4) is 0 Å². The zero-order chi connectivity index (χ0) is 18.9. The molecule has 5 nitrogen and oxygen atoms in total. The van der Waals surface area contributed by atoms with Crippen molar-refractivity contribution >= 4 is 27.9 Å². The van der Waals surface area contributed by atoms with Gasteiger partial charge in [-0.2, -0.15) is 0 Å². The molecule has 0 heterocycles. The van der Waals surface area contributed by atoms with Gasteiger partial charge in [0.15, 0.2) is 0 Å². The Hall–Kier alpha value is -2.34. The summed E-state index contributed by atoms with van der Waals surface area (Å²) in [6.45, 7) is 2.66. The van der Waals surface area contributed by atoms with Gasteiger partial charge in [0, 0.05) is 4.47 Å². The summed E-state index contributed by atoms with van der Waals surface area (Å²) in [4.78, 5) is 23.9. The van der Waals surface area contributed by atoms with Gasteiger partial charge in [-0.05, 0) is 36.8 Å². The fraction of sp³-hybridized carbons (Fsp3) is 0.300. The van der Waals surface area contributed by atoms with Crippen LogP contribution in [0.4, 0.5) is 0 Å². The van der Waals surface area contributed by atoms with Crippen LogP contribution < -0.4 is 9.47 Å². The molecule has 2 rings (SSSR count). The first-order valence-corrected chi connectivity index (χ1v) is 9.29. The van der Waals surface area contributed by atoms with Crippen molar-refractivity contribution in [2.24, 2.45) is 0 Å². The van der Waals surface area contributed by atoms with Gasteiger partial charge in [-0.25, -0.2) is 9.59 Å². The van der Waals surface area contributed by atoms with E-state index in [1.807, 2.05) is 0 Å². The highest BCUT2D eigenvalue weighted by Crippen LogP contribution is 2.26. The maximum atomic E-state index is 12.5. The molecule has 0 aromatic heterocycles. The molecule has 0 aliphatic carbocycles. The largest absolute Gasteiger partial charge is 0.493 e. The summed E-state index contributed by atoms with van der Waals surface area (Å²) >= 11 is 3.21. The van der Waals surface area contributed by atoms with E-state index < -0.39 is 11.9 Å². The number of rotatable bonds is 9. The Labute approximate surface area is 161 Å². The topological polar surface area (TPSA) is 72.8 Å². The van der Waals surface area contributed by atoms with Crippen molar-refractivity contribution in [3.05, 3.63) is 58.1 Å². The first-order valence-electron chi connectivity index (χ1n) is 8.49. The summed E-state index contributed by atoms with van der Waals surface area (Å²) in [7, 11) is 0. The van der Waals surface area contributed by atoms with Crippen molar-refractivity contribution in [2.45, 2.75) is 32.6 Å². The van der Waals surface area contributed by atoms with E-state index in [-0.39, 0.29) is 16.9 Å². The summed E-state index contributed by atoms with van der Waals surface area (Å²) in [5.41, 5.74) is 0.174. The van der Waals surface area contributed by atoms with Crippen LogP contribution in [-0.2, 0) is 0 Å². The summed E-state index contributed by atoms with van der Waals surface area (Å²) in [6, 6.07) is 11.2. The van der Waals surface area contributed by atoms with Crippen LogP contribution in [0.25, 0.3) is 0 Å². The van der Waals surface area contributed by atoms with E-state index in [1.54, 1.807) is 30.3 Å². The summed E-state index contributed by atoms with van der Waals surface area (Å²) in [5, 5.41) is 9.28. The van der Waals surface area contributed by atoms with E-state index in [9.17, 15) is 14.7 Å². The first kappa shape index (κ1) is 20.0. The van der Waals surface area contributed by atoms with Gasteiger partial charge in [0.1, 0.15) is 22.6 Å². The number of carbonyl (C=O) groups excluding carboxylic acids is 1. The second kappa shape index (κ2) is 9.97. The predicted molar refractivity (Wildman–Crippen MR) is 102 cm³/mol. The third-order valence-electron chi connectivity index (χ3n) is 3.74. The standard InChI is InChI=1S/C20H21BrO5/c1-2-3-4-7-12-25-17-9-6-5-8-15(17)20(24)26-18-11-10-14(21)13-16(18)19(22)23/h5-6,8-11,13H,2-4,7,12H2,1H3,(H,22,23). The van der Waals surface area contributed by atoms with E-state index in [4.69, 9.17) is 9.47 Å². The molecule has 2 aromatic rings. The minimum Gasteiger partial charge on any atom is -0.493 e. The number of carbonyl (C=O) groups is 2. The fourth-order valence-corrected chi connectivity index (χ4v) is 2.75. The average Bonchev–Trinajstić information content (AvgIpc) is 2.63. The SMILES string of the molecule is CCCCCCOc1ccccc1C(=O)Oc1ccc(Br)cc1C(=O)O. The molecule has 0 unspecified atom stereocenters. The Bertz CT molecular complexity index is 773. The minimum atomic E-state index is -1.17. The molecular weight excluding hydrogens is 400 g/mol. The highest BCUT2D eigenvalue weighted by molar-refractivity contribution is 9.10. The number of carboxylic acid groups (broad SMARTS) is 1. The number of halogens is 1. The van der Waals surface area contributed by atoms with Crippen molar-refractivity contribution < 1.29 is 24.2 Å². The lowest BCUT2D eigenvalue weighted by molar-refractivity contribution is 0.0680. The highest BCUT2D eigenvalue weighted by Gasteiger charge is 2.19. The number of para-hydroxylation sites is 1. The first-order chi connectivity index (χ1) is 12.5. The van der Waals surface area contributed by atoms with Crippen LogP contribution in [0.5, 0.6) is 11.5 Å². The van der Waals surface area contributed by atoms with Crippen LogP contribution >= 0.6 is 15.9 Å². The Balaban J connectivity index is 2.12. The van der Waals surface area contributed by atoms with Crippen molar-refractivity contribution in [1.82, 2.24) is 0 Å². The molecule has 0 amide bonds. The van der Waals surface area contributed by atoms with Gasteiger partial charge in [-0.15, -0.1) is 0 Å². The number of carboxylic acids is 1. The normalized spacial score (nSPS) is 10.4. The van der Waals surface area contributed by atoms with E-state index >= 15 is 0 Å². The van der Waals surface area contributed by atoms with Crippen molar-refractivity contribution in [1.29, 1.82) is 0 Å². The molecule has 0 atom stereocenters. The lowest BCUT2D eigenvalue weighted by Gasteiger charge is -2.12. The average molecular weight is 421 g/mol. The smallest absolute Gasteiger partial charge is 0.347 e. The number of aromatic carboxylic acids is 1. The zero-order valence-corrected chi connectivity index (χ0v) is 16.1. The van der Waals surface area contributed by atoms with Gasteiger partial charge >= 0.3 is 11.9 Å². The van der Waals surface area contributed by atoms with Gasteiger partial charge in [-0.3, -0.25) is 0 Å². The fourth-order valence-electron chi connectivity index (χ4n) is 2.39. The molecule has 0 aliphatic rings. The number of benzene rings is 2. The number of hydrogen-bond acceptors (Lipinski definition) is 4. The van der Waals surface area contributed by atoms with E-state index in [1.165, 1.54) is 12.1 Å². The zero-order valence-electron chi connectivity index (χ0n) is 14.5. The number of esters is 1. The van der Waals surface area contributed by atoms with Crippen LogP contribution in [0.2, 0.25) is 0 Å². The van der Waals surface area contributed by atoms with E-state index in [2.05, 4.69) is 22.9 Å². The molecule has 0 saturated carbocycles. The molecular formula is C20H21BrO5. The van der Waals surface area contributed by atoms with E-state index in [0.29, 0.717) is 16.8 Å². The quantitative estimate of drug-likeness (QED) is 0.337. The summed E-state index contributed by atoms with van der Waals surface area (Å²) in [6.07, 6.45) is 4.27. The van der Waals surface area contributed by atoms with Crippen molar-refractivity contribution in [3.63, 3.8) is 0 Å². The van der Waals surface area contributed by atoms with Crippen LogP contribution in [0, 0.1) is 0 Å². The molecule has 138 valence electrons. The van der Waals surface area contributed by atoms with Gasteiger partial charge in [0.05, 0.1) is 6.61 Å². The number of hydrogen-bond donors (Lipinski definition) is 1. The van der Waals surface area contributed by atoms with Crippen molar-refractivity contribution in [2.75, 3.05) is 6.61 Å². The summed E-state index contributed by atoms with van der Waals surface area (Å²) in [5.74, 6) is -1.40. The third kappa shape index (κ3) is 5.59. The van der Waals surface area contributed by atoms with Gasteiger partial charge in [-0.1, -0.05) is 54.2 Å². The van der Waals surface area contributed by atoms with Gasteiger partial charge in [0.2, 0.25) is 0 Å². The minimum absolute atomic E-state index is 0.0107. The van der Waals surface area contributed by atoms with Crippen LogP contribution in [-0.4, -0.2) is 23.7 Å². The van der Waals surface area contributed by atoms with Gasteiger partial charge < -0.3 is 14.6 Å². The molecule has 0 aliphatic heterocycles. The van der Waals surface area contributed by atoms with Crippen LogP contribution in [0.15, 0.2) is 46.9 Å². The lowest BCUT2D eigenvalue weighted by Crippen LogP contribution is -2.13. The molecule has 0 radical (unpaired) electrons. The highest BCUT2D eigenvalue weighted by atomic mass is 79.9. The molecule has 6 heteroatoms. The molecule has 26 heavy (non-hydrogen) atoms. The second-order valence-electron chi connectivity index (χ2n) is 5.74. The molecule has 1 N–H and O–H groups in total. The van der Waals surface area contributed by atoms with Crippen LogP contribution in [0.1, 0.15) is 53.3 Å². The Kier molecular flexibility index (Phi) is 7.66. The lowest BCUT2D eigenvalue weighted by atomic mass is 10.2. The van der Waals surface area contributed by atoms with Gasteiger partial charge in [0.25, 0.3) is 0 Å². The second-order valence-corrected chi connectivity index (χ2v) is 6.66. The molecule has 0 bridgehead atoms. The Morgan fingerprint density at radius 2 is 1.77 bits per heavy atom. The predicted octanol–water partition coefficient (Wildman–Crippen LogP) is 5.33. The molecule has 2 aromatic carbocycles. The Morgan fingerprint density at radius 1 is 1.00 bits per heavy atom. The van der Waals surface area contributed by atoms with Crippen molar-refractivity contribution in [3.8, 4) is 11.5 Å². The molecule has 0 saturated heterocycles. The Morgan fingerprint density at radius 3 is 2.50 bits per heavy atom. The number of ether oxygens (including phenoxy) is 2. The monoisotopic (exact) mass is 420 g/mol. The summed E-state index contributed by atoms with van der Waals surface area (Å²) < 4.78 is 11.6. The number of unbranched alkanes of at least 4 members (excludes halogenated alkanes) is 3. The third-order valence-corrected chi connectivity index (χ3v) is 4.23.